The summed E-state index contributed by atoms with van der Waals surface area (Å²) in [4.78, 5) is 12.8. The molecular formula is C21H26N4OS. The molecule has 3 rings (SSSR count). The molecule has 0 unspecified atom stereocenters. The van der Waals surface area contributed by atoms with Gasteiger partial charge in [0.1, 0.15) is 6.33 Å². The number of carbonyl (C=O) groups excluding carboxylic acids is 1. The summed E-state index contributed by atoms with van der Waals surface area (Å²) in [6.07, 6.45) is 2.79. The normalized spacial score (nSPS) is 11.3. The number of ketones is 1. The average Bonchev–Trinajstić information content (AvgIpc) is 3.23. The van der Waals surface area contributed by atoms with E-state index in [1.165, 1.54) is 11.8 Å². The van der Waals surface area contributed by atoms with Gasteiger partial charge in [-0.2, -0.15) is 0 Å². The molecule has 0 saturated heterocycles. The molecule has 0 aliphatic rings. The number of nitrogens with zero attached hydrogens (tertiary/aromatic N) is 4. The third kappa shape index (κ3) is 4.50. The van der Waals surface area contributed by atoms with Crippen LogP contribution in [0.15, 0.2) is 47.9 Å². The van der Waals surface area contributed by atoms with E-state index < -0.39 is 0 Å². The minimum absolute atomic E-state index is 0.131. The van der Waals surface area contributed by atoms with Crippen LogP contribution < -0.4 is 0 Å². The Labute approximate surface area is 164 Å². The number of carbonyl (C=O) groups is 1. The lowest BCUT2D eigenvalue weighted by Crippen LogP contribution is -2.08. The Morgan fingerprint density at radius 3 is 2.63 bits per heavy atom. The van der Waals surface area contributed by atoms with Crippen LogP contribution in [0.25, 0.3) is 5.69 Å². The lowest BCUT2D eigenvalue weighted by atomic mass is 10.1. The molecule has 27 heavy (non-hydrogen) atoms. The van der Waals surface area contributed by atoms with E-state index in [0.717, 1.165) is 40.8 Å². The van der Waals surface area contributed by atoms with Gasteiger partial charge in [0.2, 0.25) is 0 Å². The van der Waals surface area contributed by atoms with Crippen LogP contribution in [-0.4, -0.2) is 30.9 Å². The zero-order valence-electron chi connectivity index (χ0n) is 16.3. The minimum atomic E-state index is 0.131. The van der Waals surface area contributed by atoms with Gasteiger partial charge < -0.3 is 4.57 Å². The SMILES string of the molecule is Cc1cc(C(=O)CSc2nncn2-c2ccccc2)c(C)n1CCC(C)C. The molecule has 1 aromatic carbocycles. The minimum Gasteiger partial charge on any atom is -0.348 e. The highest BCUT2D eigenvalue weighted by molar-refractivity contribution is 7.99. The fourth-order valence-corrected chi connectivity index (χ4v) is 3.92. The summed E-state index contributed by atoms with van der Waals surface area (Å²) in [6.45, 7) is 9.51. The van der Waals surface area contributed by atoms with Crippen LogP contribution in [-0.2, 0) is 6.54 Å². The quantitative estimate of drug-likeness (QED) is 0.418. The molecule has 3 aromatic rings. The van der Waals surface area contributed by atoms with Crippen LogP contribution in [0.2, 0.25) is 0 Å². The summed E-state index contributed by atoms with van der Waals surface area (Å²) in [7, 11) is 0. The molecule has 2 aromatic heterocycles. The molecule has 0 N–H and O–H groups in total. The van der Waals surface area contributed by atoms with E-state index >= 15 is 0 Å². The maximum atomic E-state index is 12.8. The molecule has 0 fully saturated rings. The van der Waals surface area contributed by atoms with Gasteiger partial charge in [-0.05, 0) is 44.4 Å². The van der Waals surface area contributed by atoms with E-state index in [9.17, 15) is 4.79 Å². The molecule has 0 aliphatic carbocycles. The fourth-order valence-electron chi connectivity index (χ4n) is 3.11. The number of para-hydroxylation sites is 1. The van der Waals surface area contributed by atoms with E-state index in [-0.39, 0.29) is 5.78 Å². The van der Waals surface area contributed by atoms with Gasteiger partial charge in [0, 0.05) is 29.2 Å². The van der Waals surface area contributed by atoms with E-state index in [0.29, 0.717) is 11.7 Å². The molecule has 2 heterocycles. The first kappa shape index (κ1) is 19.4. The Hall–Kier alpha value is -2.34. The highest BCUT2D eigenvalue weighted by Crippen LogP contribution is 2.23. The van der Waals surface area contributed by atoms with Gasteiger partial charge in [-0.3, -0.25) is 9.36 Å². The Bertz CT molecular complexity index is 912. The Morgan fingerprint density at radius 1 is 1.19 bits per heavy atom. The van der Waals surface area contributed by atoms with Gasteiger partial charge in [0.05, 0.1) is 5.75 Å². The fraction of sp³-hybridized carbons (Fsp3) is 0.381. The molecule has 0 saturated carbocycles. The maximum absolute atomic E-state index is 12.8. The summed E-state index contributed by atoms with van der Waals surface area (Å²) in [5.74, 6) is 1.12. The molecule has 0 radical (unpaired) electrons. The standard InChI is InChI=1S/C21H26N4OS/c1-15(2)10-11-24-16(3)12-19(17(24)4)20(26)13-27-21-23-22-14-25(21)18-8-6-5-7-9-18/h5-9,12,14-15H,10-11,13H2,1-4H3. The van der Waals surface area contributed by atoms with Crippen LogP contribution in [0, 0.1) is 19.8 Å². The van der Waals surface area contributed by atoms with Crippen molar-refractivity contribution in [2.45, 2.75) is 45.8 Å². The van der Waals surface area contributed by atoms with Crippen molar-refractivity contribution in [1.29, 1.82) is 0 Å². The Morgan fingerprint density at radius 2 is 1.93 bits per heavy atom. The number of thioether (sulfide) groups is 1. The predicted molar refractivity (Wildman–Crippen MR) is 110 cm³/mol. The van der Waals surface area contributed by atoms with E-state index in [1.807, 2.05) is 47.9 Å². The third-order valence-corrected chi connectivity index (χ3v) is 5.63. The topological polar surface area (TPSA) is 52.7 Å². The molecule has 0 spiro atoms. The van der Waals surface area contributed by atoms with Crippen LogP contribution in [0.5, 0.6) is 0 Å². The summed E-state index contributed by atoms with van der Waals surface area (Å²) in [5, 5.41) is 8.90. The summed E-state index contributed by atoms with van der Waals surface area (Å²) in [5.41, 5.74) is 4.01. The second-order valence-electron chi connectivity index (χ2n) is 7.15. The van der Waals surface area contributed by atoms with Crippen molar-refractivity contribution in [3.63, 3.8) is 0 Å². The van der Waals surface area contributed by atoms with Crippen molar-refractivity contribution in [1.82, 2.24) is 19.3 Å². The number of Topliss-reactive ketones (excluding diaryl/α,β-unsaturated/α-hetero) is 1. The number of aromatic nitrogens is 4. The molecule has 0 aliphatic heterocycles. The van der Waals surface area contributed by atoms with Crippen LogP contribution in [0.4, 0.5) is 0 Å². The first-order valence-electron chi connectivity index (χ1n) is 9.25. The second kappa shape index (κ2) is 8.57. The van der Waals surface area contributed by atoms with Gasteiger partial charge in [-0.15, -0.1) is 10.2 Å². The van der Waals surface area contributed by atoms with Crippen LogP contribution in [0.3, 0.4) is 0 Å². The number of rotatable bonds is 8. The van der Waals surface area contributed by atoms with Crippen molar-refractivity contribution in [3.05, 3.63) is 59.7 Å². The largest absolute Gasteiger partial charge is 0.348 e. The monoisotopic (exact) mass is 382 g/mol. The highest BCUT2D eigenvalue weighted by Gasteiger charge is 2.17. The van der Waals surface area contributed by atoms with Crippen molar-refractivity contribution in [2.75, 3.05) is 5.75 Å². The van der Waals surface area contributed by atoms with Crippen molar-refractivity contribution in [2.24, 2.45) is 5.92 Å². The number of hydrogen-bond acceptors (Lipinski definition) is 4. The lowest BCUT2D eigenvalue weighted by Gasteiger charge is -2.11. The molecule has 5 nitrogen and oxygen atoms in total. The smallest absolute Gasteiger partial charge is 0.196 e. The first-order valence-corrected chi connectivity index (χ1v) is 10.2. The van der Waals surface area contributed by atoms with Gasteiger partial charge >= 0.3 is 0 Å². The number of benzene rings is 1. The summed E-state index contributed by atoms with van der Waals surface area (Å²) < 4.78 is 4.16. The van der Waals surface area contributed by atoms with Crippen molar-refractivity contribution >= 4 is 17.5 Å². The lowest BCUT2D eigenvalue weighted by molar-refractivity contribution is 0.102. The molecule has 0 amide bonds. The van der Waals surface area contributed by atoms with Crippen molar-refractivity contribution < 1.29 is 4.79 Å². The summed E-state index contributed by atoms with van der Waals surface area (Å²) in [6, 6.07) is 11.9. The molecule has 0 atom stereocenters. The molecule has 0 bridgehead atoms. The second-order valence-corrected chi connectivity index (χ2v) is 8.09. The Balaban J connectivity index is 1.71. The van der Waals surface area contributed by atoms with E-state index in [4.69, 9.17) is 0 Å². The summed E-state index contributed by atoms with van der Waals surface area (Å²) >= 11 is 1.42. The van der Waals surface area contributed by atoms with Gasteiger partial charge in [0.15, 0.2) is 10.9 Å². The number of hydrogen-bond donors (Lipinski definition) is 0. The van der Waals surface area contributed by atoms with E-state index in [2.05, 4.69) is 35.5 Å². The Kier molecular flexibility index (Phi) is 6.16. The van der Waals surface area contributed by atoms with E-state index in [1.54, 1.807) is 6.33 Å². The van der Waals surface area contributed by atoms with Gasteiger partial charge in [-0.1, -0.05) is 43.8 Å². The van der Waals surface area contributed by atoms with Crippen LogP contribution in [0.1, 0.15) is 42.0 Å². The maximum Gasteiger partial charge on any atom is 0.196 e. The third-order valence-electron chi connectivity index (χ3n) is 4.69. The van der Waals surface area contributed by atoms with Gasteiger partial charge in [-0.25, -0.2) is 0 Å². The average molecular weight is 383 g/mol. The zero-order chi connectivity index (χ0) is 19.4. The van der Waals surface area contributed by atoms with Crippen molar-refractivity contribution in [3.8, 4) is 5.69 Å². The first-order chi connectivity index (χ1) is 13.0. The van der Waals surface area contributed by atoms with Crippen LogP contribution >= 0.6 is 11.8 Å². The number of aryl methyl sites for hydroxylation is 1. The predicted octanol–water partition coefficient (Wildman–Crippen LogP) is 4.71. The van der Waals surface area contributed by atoms with Gasteiger partial charge in [0.25, 0.3) is 0 Å². The molecular weight excluding hydrogens is 356 g/mol. The highest BCUT2D eigenvalue weighted by atomic mass is 32.2. The molecule has 6 heteroatoms. The zero-order valence-corrected chi connectivity index (χ0v) is 17.2. The molecule has 142 valence electrons.